The van der Waals surface area contributed by atoms with Crippen LogP contribution in [-0.2, 0) is 35.2 Å². The van der Waals surface area contributed by atoms with Crippen molar-refractivity contribution in [2.24, 2.45) is 23.3 Å². The molecule has 0 aromatic heterocycles. The summed E-state index contributed by atoms with van der Waals surface area (Å²) in [6.45, 7) is 8.88. The first-order valence-electron chi connectivity index (χ1n) is 14.8. The minimum Gasteiger partial charge on any atom is -0.368 e. The maximum Gasteiger partial charge on any atom is 0.245 e. The van der Waals surface area contributed by atoms with Crippen LogP contribution in [-0.4, -0.2) is 83.6 Å². The van der Waals surface area contributed by atoms with E-state index in [2.05, 4.69) is 21.3 Å². The fourth-order valence-electron chi connectivity index (χ4n) is 5.04. The third kappa shape index (κ3) is 10.7. The topological polar surface area (TPSA) is 206 Å². The van der Waals surface area contributed by atoms with Gasteiger partial charge in [0.25, 0.3) is 0 Å². The van der Waals surface area contributed by atoms with Gasteiger partial charge in [0.2, 0.25) is 35.4 Å². The number of benzene rings is 1. The predicted octanol–water partition coefficient (Wildman–Crippen LogP) is -0.675. The average Bonchev–Trinajstić information content (AvgIpc) is 3.44. The zero-order valence-corrected chi connectivity index (χ0v) is 25.7. The van der Waals surface area contributed by atoms with Crippen LogP contribution in [0, 0.1) is 11.8 Å². The highest BCUT2D eigenvalue weighted by Crippen LogP contribution is 2.19. The summed E-state index contributed by atoms with van der Waals surface area (Å²) in [5.74, 6) is -3.51. The lowest BCUT2D eigenvalue weighted by molar-refractivity contribution is -0.142. The molecule has 5 atom stereocenters. The first-order chi connectivity index (χ1) is 20.2. The third-order valence-corrected chi connectivity index (χ3v) is 7.30. The van der Waals surface area contributed by atoms with E-state index >= 15 is 0 Å². The second kappa shape index (κ2) is 16.6. The molecule has 1 aliphatic rings. The monoisotopic (exact) mass is 601 g/mol. The maximum absolute atomic E-state index is 13.6. The SMILES string of the molecule is CC(C)C[C@H](NC(=O)[C@@H]1CCCN1C(=O)[C@H](C)NC(=O)CN)C(=O)N[C@@H](Cc1ccccc1)C(=O)N[C@H](C(N)=O)C(C)C. The van der Waals surface area contributed by atoms with Crippen LogP contribution in [0.1, 0.15) is 59.4 Å². The third-order valence-electron chi connectivity index (χ3n) is 7.30. The Bertz CT molecular complexity index is 1140. The van der Waals surface area contributed by atoms with Crippen molar-refractivity contribution in [2.75, 3.05) is 13.1 Å². The average molecular weight is 602 g/mol. The first-order valence-corrected chi connectivity index (χ1v) is 14.8. The Kier molecular flexibility index (Phi) is 13.6. The van der Waals surface area contributed by atoms with E-state index < -0.39 is 65.7 Å². The van der Waals surface area contributed by atoms with Gasteiger partial charge in [-0.2, -0.15) is 0 Å². The van der Waals surface area contributed by atoms with E-state index in [1.165, 1.54) is 11.8 Å². The van der Waals surface area contributed by atoms with Crippen molar-refractivity contribution in [1.82, 2.24) is 26.2 Å². The van der Waals surface area contributed by atoms with Gasteiger partial charge in [-0.3, -0.25) is 28.8 Å². The number of carbonyl (C=O) groups is 6. The standard InChI is InChI=1S/C30H47N7O6/c1-17(2)14-21(35-29(42)23-12-9-13-37(23)30(43)19(5)33-24(38)16-31)27(40)34-22(15-20-10-7-6-8-11-20)28(41)36-25(18(3)4)26(32)39/h6-8,10-11,17-19,21-23,25H,9,12-16,31H2,1-5H3,(H2,32,39)(H,33,38)(H,34,40)(H,35,42)(H,36,41)/t19-,21-,22-,23-,25-/m0/s1. The van der Waals surface area contributed by atoms with Crippen LogP contribution in [0.2, 0.25) is 0 Å². The van der Waals surface area contributed by atoms with E-state index in [0.29, 0.717) is 19.4 Å². The van der Waals surface area contributed by atoms with Crippen molar-refractivity contribution < 1.29 is 28.8 Å². The Morgan fingerprint density at radius 2 is 1.51 bits per heavy atom. The summed E-state index contributed by atoms with van der Waals surface area (Å²) in [6.07, 6.45) is 1.39. The number of hydrogen-bond donors (Lipinski definition) is 6. The summed E-state index contributed by atoms with van der Waals surface area (Å²) in [4.78, 5) is 78.5. The lowest BCUT2D eigenvalue weighted by atomic mass is 9.99. The molecule has 2 rings (SSSR count). The van der Waals surface area contributed by atoms with Crippen molar-refractivity contribution in [2.45, 2.75) is 90.5 Å². The zero-order valence-electron chi connectivity index (χ0n) is 25.7. The van der Waals surface area contributed by atoms with Gasteiger partial charge < -0.3 is 37.6 Å². The summed E-state index contributed by atoms with van der Waals surface area (Å²) in [5.41, 5.74) is 11.6. The summed E-state index contributed by atoms with van der Waals surface area (Å²) >= 11 is 0. The molecule has 6 amide bonds. The molecule has 0 spiro atoms. The molecule has 13 heteroatoms. The molecule has 1 aromatic carbocycles. The fraction of sp³-hybridized carbons (Fsp3) is 0.600. The second-order valence-electron chi connectivity index (χ2n) is 11.8. The van der Waals surface area contributed by atoms with E-state index in [9.17, 15) is 28.8 Å². The van der Waals surface area contributed by atoms with Crippen LogP contribution in [0.3, 0.4) is 0 Å². The molecule has 1 aliphatic heterocycles. The van der Waals surface area contributed by atoms with Crippen molar-refractivity contribution in [3.05, 3.63) is 35.9 Å². The van der Waals surface area contributed by atoms with E-state index in [4.69, 9.17) is 11.5 Å². The molecular weight excluding hydrogens is 554 g/mol. The van der Waals surface area contributed by atoms with Crippen molar-refractivity contribution >= 4 is 35.4 Å². The summed E-state index contributed by atoms with van der Waals surface area (Å²) < 4.78 is 0. The Labute approximate surface area is 253 Å². The van der Waals surface area contributed by atoms with Crippen molar-refractivity contribution in [3.63, 3.8) is 0 Å². The molecule has 8 N–H and O–H groups in total. The van der Waals surface area contributed by atoms with Gasteiger partial charge in [-0.15, -0.1) is 0 Å². The fourth-order valence-corrected chi connectivity index (χ4v) is 5.04. The van der Waals surface area contributed by atoms with Crippen molar-refractivity contribution in [1.29, 1.82) is 0 Å². The molecule has 0 radical (unpaired) electrons. The van der Waals surface area contributed by atoms with Gasteiger partial charge in [0.15, 0.2) is 0 Å². The van der Waals surface area contributed by atoms with Crippen LogP contribution in [0.15, 0.2) is 30.3 Å². The molecule has 0 bridgehead atoms. The number of primary amides is 1. The lowest BCUT2D eigenvalue weighted by Gasteiger charge is -2.30. The molecule has 0 aliphatic carbocycles. The molecule has 0 saturated carbocycles. The number of nitrogens with one attached hydrogen (secondary N) is 4. The highest BCUT2D eigenvalue weighted by Gasteiger charge is 2.38. The van der Waals surface area contributed by atoms with Crippen LogP contribution >= 0.6 is 0 Å². The van der Waals surface area contributed by atoms with E-state index in [1.54, 1.807) is 13.8 Å². The Morgan fingerprint density at radius 3 is 2.07 bits per heavy atom. The van der Waals surface area contributed by atoms with Crippen LogP contribution in [0.25, 0.3) is 0 Å². The minimum absolute atomic E-state index is 0.00504. The van der Waals surface area contributed by atoms with Gasteiger partial charge in [-0.25, -0.2) is 0 Å². The highest BCUT2D eigenvalue weighted by molar-refractivity contribution is 5.96. The molecule has 43 heavy (non-hydrogen) atoms. The number of amides is 6. The molecular formula is C30H47N7O6. The van der Waals surface area contributed by atoms with Crippen LogP contribution in [0.5, 0.6) is 0 Å². The Hall–Kier alpha value is -4.00. The summed E-state index contributed by atoms with van der Waals surface area (Å²) in [7, 11) is 0. The number of nitrogens with two attached hydrogens (primary N) is 2. The largest absolute Gasteiger partial charge is 0.368 e. The summed E-state index contributed by atoms with van der Waals surface area (Å²) in [6, 6.07) is 4.41. The molecule has 0 unspecified atom stereocenters. The molecule has 13 nitrogen and oxygen atoms in total. The number of hydrogen-bond acceptors (Lipinski definition) is 7. The number of likely N-dealkylation sites (tertiary alicyclic amines) is 1. The van der Waals surface area contributed by atoms with E-state index in [0.717, 1.165) is 5.56 Å². The quantitative estimate of drug-likeness (QED) is 0.153. The molecule has 1 aromatic rings. The maximum atomic E-state index is 13.6. The Morgan fingerprint density at radius 1 is 0.884 bits per heavy atom. The number of rotatable bonds is 15. The molecule has 1 heterocycles. The van der Waals surface area contributed by atoms with E-state index in [-0.39, 0.29) is 31.2 Å². The molecule has 1 saturated heterocycles. The minimum atomic E-state index is -1.06. The normalized spacial score (nSPS) is 17.5. The smallest absolute Gasteiger partial charge is 0.245 e. The van der Waals surface area contributed by atoms with Gasteiger partial charge in [-0.1, -0.05) is 58.0 Å². The van der Waals surface area contributed by atoms with Gasteiger partial charge in [0.05, 0.1) is 6.54 Å². The first kappa shape index (κ1) is 35.2. The number of carbonyl (C=O) groups excluding carboxylic acids is 6. The Balaban J connectivity index is 2.24. The van der Waals surface area contributed by atoms with Gasteiger partial charge in [-0.05, 0) is 43.6 Å². The lowest BCUT2D eigenvalue weighted by Crippen LogP contribution is -2.59. The van der Waals surface area contributed by atoms with Crippen molar-refractivity contribution in [3.8, 4) is 0 Å². The number of nitrogens with zero attached hydrogens (tertiary/aromatic N) is 1. The molecule has 1 fully saturated rings. The molecule has 238 valence electrons. The summed E-state index contributed by atoms with van der Waals surface area (Å²) in [5, 5.41) is 10.7. The predicted molar refractivity (Wildman–Crippen MR) is 161 cm³/mol. The van der Waals surface area contributed by atoms with E-state index in [1.807, 2.05) is 44.2 Å². The van der Waals surface area contributed by atoms with Gasteiger partial charge in [0, 0.05) is 13.0 Å². The van der Waals surface area contributed by atoms with Gasteiger partial charge in [0.1, 0.15) is 30.2 Å². The second-order valence-corrected chi connectivity index (χ2v) is 11.8. The van der Waals surface area contributed by atoms with Crippen LogP contribution < -0.4 is 32.7 Å². The highest BCUT2D eigenvalue weighted by atomic mass is 16.2. The van der Waals surface area contributed by atoms with Gasteiger partial charge >= 0.3 is 0 Å². The zero-order chi connectivity index (χ0) is 32.3. The van der Waals surface area contributed by atoms with Crippen LogP contribution in [0.4, 0.5) is 0 Å².